The number of hydrogen-bond acceptors (Lipinski definition) is 1. The standard InChI is InChI=1S/C14H18FN/c1-4-14(5-2)16-11(3)10-12-6-8-13(15)9-7-12/h1,6-9,11,14,16H,5,10H2,2-3H3. The molecule has 0 amide bonds. The van der Waals surface area contributed by atoms with Crippen molar-refractivity contribution >= 4 is 0 Å². The summed E-state index contributed by atoms with van der Waals surface area (Å²) >= 11 is 0. The molecule has 0 aromatic heterocycles. The fourth-order valence-electron chi connectivity index (χ4n) is 1.66. The Labute approximate surface area is 97.1 Å². The van der Waals surface area contributed by atoms with Crippen molar-refractivity contribution in [3.8, 4) is 12.3 Å². The van der Waals surface area contributed by atoms with Crippen LogP contribution in [-0.4, -0.2) is 12.1 Å². The minimum absolute atomic E-state index is 0.121. The summed E-state index contributed by atoms with van der Waals surface area (Å²) in [5.74, 6) is 2.51. The Morgan fingerprint density at radius 1 is 1.38 bits per heavy atom. The molecule has 0 heterocycles. The Morgan fingerprint density at radius 3 is 2.50 bits per heavy atom. The second-order valence-electron chi connectivity index (χ2n) is 4.03. The van der Waals surface area contributed by atoms with E-state index >= 15 is 0 Å². The second-order valence-corrected chi connectivity index (χ2v) is 4.03. The van der Waals surface area contributed by atoms with E-state index < -0.39 is 0 Å². The number of hydrogen-bond donors (Lipinski definition) is 1. The Bertz CT molecular complexity index is 350. The first-order valence-corrected chi connectivity index (χ1v) is 5.62. The molecule has 2 unspecified atom stereocenters. The first kappa shape index (κ1) is 12.7. The molecule has 1 N–H and O–H groups in total. The summed E-state index contributed by atoms with van der Waals surface area (Å²) in [4.78, 5) is 0. The summed E-state index contributed by atoms with van der Waals surface area (Å²) in [6.07, 6.45) is 7.16. The Morgan fingerprint density at radius 2 is 2.00 bits per heavy atom. The van der Waals surface area contributed by atoms with Gasteiger partial charge < -0.3 is 5.32 Å². The van der Waals surface area contributed by atoms with Crippen LogP contribution >= 0.6 is 0 Å². The minimum atomic E-state index is -0.195. The van der Waals surface area contributed by atoms with Gasteiger partial charge in [0.2, 0.25) is 0 Å². The van der Waals surface area contributed by atoms with Gasteiger partial charge in [-0.2, -0.15) is 0 Å². The van der Waals surface area contributed by atoms with Crippen molar-refractivity contribution in [2.24, 2.45) is 0 Å². The maximum absolute atomic E-state index is 12.7. The fourth-order valence-corrected chi connectivity index (χ4v) is 1.66. The summed E-state index contributed by atoms with van der Waals surface area (Å²) in [5.41, 5.74) is 1.12. The molecule has 1 aromatic carbocycles. The molecule has 0 saturated carbocycles. The van der Waals surface area contributed by atoms with E-state index in [1.165, 1.54) is 12.1 Å². The van der Waals surface area contributed by atoms with Crippen molar-refractivity contribution in [1.82, 2.24) is 5.32 Å². The van der Waals surface area contributed by atoms with Crippen LogP contribution in [0.2, 0.25) is 0 Å². The van der Waals surface area contributed by atoms with E-state index in [0.717, 1.165) is 18.4 Å². The molecule has 1 nitrogen and oxygen atoms in total. The van der Waals surface area contributed by atoms with Crippen molar-refractivity contribution in [1.29, 1.82) is 0 Å². The molecule has 86 valence electrons. The molecular formula is C14H18FN. The zero-order valence-corrected chi connectivity index (χ0v) is 9.83. The van der Waals surface area contributed by atoms with Gasteiger partial charge in [-0.25, -0.2) is 4.39 Å². The smallest absolute Gasteiger partial charge is 0.123 e. The van der Waals surface area contributed by atoms with Gasteiger partial charge in [0, 0.05) is 6.04 Å². The molecule has 2 heteroatoms. The second kappa shape index (κ2) is 6.30. The average molecular weight is 219 g/mol. The zero-order valence-electron chi connectivity index (χ0n) is 9.83. The third kappa shape index (κ3) is 4.04. The number of halogens is 1. The van der Waals surface area contributed by atoms with E-state index in [9.17, 15) is 4.39 Å². The highest BCUT2D eigenvalue weighted by atomic mass is 19.1. The van der Waals surface area contributed by atoms with Gasteiger partial charge in [0.1, 0.15) is 5.82 Å². The maximum Gasteiger partial charge on any atom is 0.123 e. The topological polar surface area (TPSA) is 12.0 Å². The van der Waals surface area contributed by atoms with Gasteiger partial charge in [0.15, 0.2) is 0 Å². The average Bonchev–Trinajstić information content (AvgIpc) is 2.29. The first-order valence-electron chi connectivity index (χ1n) is 5.62. The lowest BCUT2D eigenvalue weighted by molar-refractivity contribution is 0.493. The van der Waals surface area contributed by atoms with Crippen molar-refractivity contribution in [2.45, 2.75) is 38.8 Å². The molecule has 1 rings (SSSR count). The minimum Gasteiger partial charge on any atom is -0.301 e. The lowest BCUT2D eigenvalue weighted by Crippen LogP contribution is -2.36. The van der Waals surface area contributed by atoms with E-state index in [4.69, 9.17) is 6.42 Å². The van der Waals surface area contributed by atoms with Gasteiger partial charge in [-0.3, -0.25) is 0 Å². The first-order chi connectivity index (χ1) is 7.65. The van der Waals surface area contributed by atoms with E-state index in [2.05, 4.69) is 25.1 Å². The van der Waals surface area contributed by atoms with Crippen molar-refractivity contribution in [3.63, 3.8) is 0 Å². The molecule has 0 bridgehead atoms. The number of benzene rings is 1. The molecule has 1 aromatic rings. The summed E-state index contributed by atoms with van der Waals surface area (Å²) in [5, 5.41) is 3.35. The van der Waals surface area contributed by atoms with Crippen LogP contribution in [0.3, 0.4) is 0 Å². The quantitative estimate of drug-likeness (QED) is 0.751. The third-order valence-electron chi connectivity index (χ3n) is 2.55. The zero-order chi connectivity index (χ0) is 12.0. The summed E-state index contributed by atoms with van der Waals surface area (Å²) in [6, 6.07) is 7.01. The van der Waals surface area contributed by atoms with Crippen LogP contribution in [0.1, 0.15) is 25.8 Å². The van der Waals surface area contributed by atoms with E-state index in [1.807, 2.05) is 12.1 Å². The van der Waals surface area contributed by atoms with Crippen LogP contribution in [0.15, 0.2) is 24.3 Å². The SMILES string of the molecule is C#CC(CC)NC(C)Cc1ccc(F)cc1. The normalized spacial score (nSPS) is 14.1. The van der Waals surface area contributed by atoms with Gasteiger partial charge in [-0.15, -0.1) is 6.42 Å². The molecule has 0 aliphatic heterocycles. The van der Waals surface area contributed by atoms with Crippen LogP contribution < -0.4 is 5.32 Å². The summed E-state index contributed by atoms with van der Waals surface area (Å²) in [7, 11) is 0. The van der Waals surface area contributed by atoms with Gasteiger partial charge in [0.25, 0.3) is 0 Å². The molecule has 16 heavy (non-hydrogen) atoms. The van der Waals surface area contributed by atoms with Crippen molar-refractivity contribution < 1.29 is 4.39 Å². The van der Waals surface area contributed by atoms with Crippen LogP contribution in [0, 0.1) is 18.2 Å². The van der Waals surface area contributed by atoms with Gasteiger partial charge in [-0.05, 0) is 37.5 Å². The van der Waals surface area contributed by atoms with Crippen LogP contribution in [0.4, 0.5) is 4.39 Å². The van der Waals surface area contributed by atoms with Crippen molar-refractivity contribution in [2.75, 3.05) is 0 Å². The lowest BCUT2D eigenvalue weighted by Gasteiger charge is -2.18. The predicted octanol–water partition coefficient (Wildman–Crippen LogP) is 2.76. The number of terminal acetylenes is 1. The van der Waals surface area contributed by atoms with Crippen LogP contribution in [0.5, 0.6) is 0 Å². The summed E-state index contributed by atoms with van der Waals surface area (Å²) in [6.45, 7) is 4.14. The lowest BCUT2D eigenvalue weighted by atomic mass is 10.1. The largest absolute Gasteiger partial charge is 0.301 e. The Hall–Kier alpha value is -1.33. The molecule has 0 saturated heterocycles. The Kier molecular flexibility index (Phi) is 5.01. The number of rotatable bonds is 5. The molecular weight excluding hydrogens is 201 g/mol. The molecule has 0 radical (unpaired) electrons. The monoisotopic (exact) mass is 219 g/mol. The van der Waals surface area contributed by atoms with Gasteiger partial charge in [0.05, 0.1) is 6.04 Å². The van der Waals surface area contributed by atoms with Gasteiger partial charge >= 0.3 is 0 Å². The molecule has 0 aliphatic carbocycles. The number of nitrogens with one attached hydrogen (secondary N) is 1. The van der Waals surface area contributed by atoms with E-state index in [1.54, 1.807) is 0 Å². The van der Waals surface area contributed by atoms with Crippen LogP contribution in [0.25, 0.3) is 0 Å². The molecule has 0 fully saturated rings. The molecule has 0 aliphatic rings. The highest BCUT2D eigenvalue weighted by molar-refractivity contribution is 5.17. The molecule has 2 atom stereocenters. The highest BCUT2D eigenvalue weighted by Gasteiger charge is 2.08. The van der Waals surface area contributed by atoms with Gasteiger partial charge in [-0.1, -0.05) is 25.0 Å². The third-order valence-corrected chi connectivity index (χ3v) is 2.55. The van der Waals surface area contributed by atoms with Crippen LogP contribution in [-0.2, 0) is 6.42 Å². The van der Waals surface area contributed by atoms with E-state index in [0.29, 0.717) is 6.04 Å². The van der Waals surface area contributed by atoms with Crippen molar-refractivity contribution in [3.05, 3.63) is 35.6 Å². The Balaban J connectivity index is 2.48. The van der Waals surface area contributed by atoms with E-state index in [-0.39, 0.29) is 11.9 Å². The maximum atomic E-state index is 12.7. The predicted molar refractivity (Wildman–Crippen MR) is 65.6 cm³/mol. The molecule has 0 spiro atoms. The fraction of sp³-hybridized carbons (Fsp3) is 0.429. The highest BCUT2D eigenvalue weighted by Crippen LogP contribution is 2.06. The summed E-state index contributed by atoms with van der Waals surface area (Å²) < 4.78 is 12.7.